The average Bonchev–Trinajstić information content (AvgIpc) is 2.64. The zero-order valence-corrected chi connectivity index (χ0v) is 14.5. The second-order valence-electron chi connectivity index (χ2n) is 5.81. The van der Waals surface area contributed by atoms with Gasteiger partial charge in [-0.1, -0.05) is 30.3 Å². The lowest BCUT2D eigenvalue weighted by Crippen LogP contribution is -2.69. The van der Waals surface area contributed by atoms with E-state index in [0.29, 0.717) is 5.56 Å². The monoisotopic (exact) mass is 376 g/mol. The lowest BCUT2D eigenvalue weighted by atomic mass is 10.0. The van der Waals surface area contributed by atoms with Crippen molar-refractivity contribution in [1.29, 1.82) is 0 Å². The summed E-state index contributed by atoms with van der Waals surface area (Å²) < 4.78 is 4.89. The number of rotatable bonds is 6. The number of aliphatic carboxylic acids is 1. The summed E-state index contributed by atoms with van der Waals surface area (Å²) in [4.78, 5) is 48.0. The van der Waals surface area contributed by atoms with Gasteiger partial charge in [0.25, 0.3) is 18.3 Å². The van der Waals surface area contributed by atoms with Crippen molar-refractivity contribution in [1.82, 2.24) is 10.2 Å². The van der Waals surface area contributed by atoms with Crippen molar-refractivity contribution in [3.63, 3.8) is 0 Å². The molecular formula is C17H16N2O6S. The molecule has 0 radical (unpaired) electrons. The van der Waals surface area contributed by atoms with Crippen molar-refractivity contribution in [2.45, 2.75) is 29.7 Å². The number of benzene rings is 1. The van der Waals surface area contributed by atoms with Crippen LogP contribution in [-0.4, -0.2) is 50.9 Å². The van der Waals surface area contributed by atoms with Gasteiger partial charge in [0.1, 0.15) is 11.4 Å². The summed E-state index contributed by atoms with van der Waals surface area (Å²) in [5, 5.41) is 11.0. The molecule has 0 bridgehead atoms. The Balaban J connectivity index is 1.73. The molecule has 8 nitrogen and oxygen atoms in total. The molecule has 0 aliphatic carbocycles. The van der Waals surface area contributed by atoms with Crippen LogP contribution in [0.15, 0.2) is 42.1 Å². The van der Waals surface area contributed by atoms with Gasteiger partial charge in [0.05, 0.1) is 5.57 Å². The average molecular weight is 376 g/mol. The Morgan fingerprint density at radius 1 is 1.35 bits per heavy atom. The van der Waals surface area contributed by atoms with E-state index in [0.717, 1.165) is 0 Å². The van der Waals surface area contributed by atoms with Crippen LogP contribution in [0.4, 0.5) is 0 Å². The van der Waals surface area contributed by atoms with Crippen LogP contribution in [0.2, 0.25) is 0 Å². The molecule has 4 atom stereocenters. The maximum absolute atomic E-state index is 12.5. The molecule has 3 rings (SSSR count). The molecule has 2 heterocycles. The third kappa shape index (κ3) is 3.17. The number of fused-ring (bicyclic) bond motifs is 1. The van der Waals surface area contributed by atoms with E-state index in [1.165, 1.54) is 22.9 Å². The van der Waals surface area contributed by atoms with Crippen LogP contribution in [0.25, 0.3) is 0 Å². The molecule has 3 unspecified atom stereocenters. The number of thioether (sulfide) groups is 1. The summed E-state index contributed by atoms with van der Waals surface area (Å²) in [5.41, 5.74) is 0.620. The van der Waals surface area contributed by atoms with Crippen molar-refractivity contribution in [3.8, 4) is 0 Å². The minimum Gasteiger partial charge on any atom is -0.478 e. The van der Waals surface area contributed by atoms with Gasteiger partial charge >= 0.3 is 5.97 Å². The van der Waals surface area contributed by atoms with Gasteiger partial charge in [-0.05, 0) is 6.92 Å². The van der Waals surface area contributed by atoms with Crippen LogP contribution >= 0.6 is 11.8 Å². The van der Waals surface area contributed by atoms with Crippen LogP contribution in [0.1, 0.15) is 18.6 Å². The van der Waals surface area contributed by atoms with Crippen molar-refractivity contribution < 1.29 is 29.0 Å². The predicted molar refractivity (Wildman–Crippen MR) is 91.7 cm³/mol. The van der Waals surface area contributed by atoms with Crippen LogP contribution in [0, 0.1) is 0 Å². The van der Waals surface area contributed by atoms with Gasteiger partial charge < -0.3 is 20.1 Å². The van der Waals surface area contributed by atoms with Gasteiger partial charge in [0.2, 0.25) is 6.10 Å². The molecule has 0 saturated carbocycles. The molecule has 2 aliphatic rings. The fourth-order valence-electron chi connectivity index (χ4n) is 2.87. The third-order valence-corrected chi connectivity index (χ3v) is 5.66. The number of carboxylic acid groups (broad SMARTS) is 1. The van der Waals surface area contributed by atoms with Crippen molar-refractivity contribution >= 4 is 36.0 Å². The Morgan fingerprint density at radius 3 is 2.65 bits per heavy atom. The molecule has 26 heavy (non-hydrogen) atoms. The molecule has 136 valence electrons. The Hall–Kier alpha value is -2.81. The van der Waals surface area contributed by atoms with Crippen molar-refractivity contribution in [2.24, 2.45) is 0 Å². The number of β-lactam (4-membered cyclic amide) rings is 1. The molecule has 9 heteroatoms. The molecule has 2 amide bonds. The first-order valence-corrected chi connectivity index (χ1v) is 8.75. The Bertz CT molecular complexity index is 781. The number of nitrogens with one attached hydrogen (secondary N) is 1. The number of hydrogen-bond donors (Lipinski definition) is 2. The summed E-state index contributed by atoms with van der Waals surface area (Å²) in [6.45, 7) is 1.91. The highest BCUT2D eigenvalue weighted by Gasteiger charge is 2.52. The Labute approximate surface area is 153 Å². The van der Waals surface area contributed by atoms with E-state index in [1.807, 2.05) is 0 Å². The van der Waals surface area contributed by atoms with E-state index in [9.17, 15) is 19.2 Å². The maximum Gasteiger partial charge on any atom is 0.334 e. The molecule has 1 aromatic carbocycles. The number of amides is 2. The fourth-order valence-corrected chi connectivity index (χ4v) is 4.24. The number of hydrogen-bond acceptors (Lipinski definition) is 6. The molecule has 0 aromatic heterocycles. The van der Waals surface area contributed by atoms with Crippen LogP contribution in [-0.2, 0) is 23.9 Å². The zero-order chi connectivity index (χ0) is 18.8. The molecule has 2 N–H and O–H groups in total. The molecule has 1 aromatic rings. The van der Waals surface area contributed by atoms with Crippen molar-refractivity contribution in [3.05, 3.63) is 47.7 Å². The molecule has 0 spiro atoms. The molecule has 2 aliphatic heterocycles. The summed E-state index contributed by atoms with van der Waals surface area (Å²) in [6, 6.07) is 7.65. The number of nitrogens with zero attached hydrogens (tertiary/aromatic N) is 1. The van der Waals surface area contributed by atoms with Gasteiger partial charge in [-0.15, -0.1) is 11.8 Å². The fraction of sp³-hybridized carbons (Fsp3) is 0.294. The molecule has 1 saturated heterocycles. The zero-order valence-electron chi connectivity index (χ0n) is 13.7. The standard InChI is InChI=1S/C17H16N2O6S/c1-9-11(17(23)24)7-19-15(22)12(16(19)26-9)18-14(21)13(25-8-20)10-5-3-2-4-6-10/h2-9,12-13,16H,1H3,(H,18,21)(H,23,24)/t9?,12?,13?,16-/m1/s1. The second kappa shape index (κ2) is 7.20. The third-order valence-electron chi connectivity index (χ3n) is 4.22. The van der Waals surface area contributed by atoms with E-state index in [2.05, 4.69) is 5.32 Å². The first-order valence-electron chi connectivity index (χ1n) is 7.81. The van der Waals surface area contributed by atoms with Crippen LogP contribution in [0.5, 0.6) is 0 Å². The van der Waals surface area contributed by atoms with Crippen LogP contribution in [0.3, 0.4) is 0 Å². The van der Waals surface area contributed by atoms with Gasteiger partial charge in [-0.3, -0.25) is 14.4 Å². The lowest BCUT2D eigenvalue weighted by molar-refractivity contribution is -0.151. The highest BCUT2D eigenvalue weighted by Crippen LogP contribution is 2.40. The predicted octanol–water partition coefficient (Wildman–Crippen LogP) is 0.658. The molecular weight excluding hydrogens is 360 g/mol. The SMILES string of the molecule is CC1S[C@@H]2C(NC(=O)C(OC=O)c3ccccc3)C(=O)N2C=C1C(=O)O. The smallest absolute Gasteiger partial charge is 0.334 e. The van der Waals surface area contributed by atoms with E-state index >= 15 is 0 Å². The second-order valence-corrected chi connectivity index (χ2v) is 7.28. The summed E-state index contributed by atoms with van der Waals surface area (Å²) in [7, 11) is 0. The summed E-state index contributed by atoms with van der Waals surface area (Å²) in [5.74, 6) is -2.09. The number of carbonyl (C=O) groups excluding carboxylic acids is 3. The topological polar surface area (TPSA) is 113 Å². The van der Waals surface area contributed by atoms with E-state index in [-0.39, 0.29) is 17.3 Å². The van der Waals surface area contributed by atoms with Gasteiger partial charge in [0.15, 0.2) is 0 Å². The first kappa shape index (κ1) is 18.0. The highest BCUT2D eigenvalue weighted by atomic mass is 32.2. The van der Waals surface area contributed by atoms with E-state index < -0.39 is 35.3 Å². The highest BCUT2D eigenvalue weighted by molar-refractivity contribution is 8.00. The lowest BCUT2D eigenvalue weighted by Gasteiger charge is -2.48. The summed E-state index contributed by atoms with van der Waals surface area (Å²) in [6.07, 6.45) is 0.155. The van der Waals surface area contributed by atoms with Crippen LogP contribution < -0.4 is 5.32 Å². The maximum atomic E-state index is 12.5. The Morgan fingerprint density at radius 2 is 2.04 bits per heavy atom. The first-order chi connectivity index (χ1) is 12.4. The van der Waals surface area contributed by atoms with E-state index in [4.69, 9.17) is 9.84 Å². The number of ether oxygens (including phenoxy) is 1. The minimum absolute atomic E-state index is 0.135. The van der Waals surface area contributed by atoms with E-state index in [1.54, 1.807) is 37.3 Å². The number of carbonyl (C=O) groups is 4. The Kier molecular flexibility index (Phi) is 4.99. The number of carboxylic acids is 1. The largest absolute Gasteiger partial charge is 0.478 e. The van der Waals surface area contributed by atoms with Crippen molar-refractivity contribution in [2.75, 3.05) is 0 Å². The van der Waals surface area contributed by atoms with Gasteiger partial charge in [-0.25, -0.2) is 4.79 Å². The minimum atomic E-state index is -1.16. The normalized spacial score (nSPS) is 25.3. The van der Waals surface area contributed by atoms with Gasteiger partial charge in [0, 0.05) is 17.0 Å². The van der Waals surface area contributed by atoms with Gasteiger partial charge in [-0.2, -0.15) is 0 Å². The quantitative estimate of drug-likeness (QED) is 0.554. The molecule has 1 fully saturated rings. The summed E-state index contributed by atoms with van der Waals surface area (Å²) >= 11 is 1.28.